The number of carbonyl (C=O) groups excluding carboxylic acids is 1. The van der Waals surface area contributed by atoms with E-state index < -0.39 is 0 Å². The maximum Gasteiger partial charge on any atom is 0.221 e. The molecule has 0 bridgehead atoms. The molecule has 3 heteroatoms. The molecule has 14 heavy (non-hydrogen) atoms. The van der Waals surface area contributed by atoms with Crippen LogP contribution in [0.3, 0.4) is 0 Å². The first-order valence-corrected chi connectivity index (χ1v) is 4.08. The largest absolute Gasteiger partial charge is 0.479 e. The molecule has 0 saturated heterocycles. The van der Waals surface area contributed by atoms with E-state index in [9.17, 15) is 4.79 Å². The molecule has 0 aliphatic rings. The van der Waals surface area contributed by atoms with Crippen molar-refractivity contribution in [1.29, 1.82) is 0 Å². The number of nitrogens with one attached hydrogen (secondary N) is 1. The van der Waals surface area contributed by atoms with Crippen molar-refractivity contribution in [2.24, 2.45) is 0 Å². The Morgan fingerprint density at radius 3 is 3.21 bits per heavy atom. The van der Waals surface area contributed by atoms with Gasteiger partial charge in [-0.2, -0.15) is 0 Å². The minimum absolute atomic E-state index is 0.157. The van der Waals surface area contributed by atoms with E-state index in [1.807, 2.05) is 0 Å². The highest BCUT2D eigenvalue weighted by Crippen LogP contribution is 2.22. The van der Waals surface area contributed by atoms with Gasteiger partial charge in [0.15, 0.2) is 0 Å². The standard InChI is InChI=1S/C11H10NO2/c1-3-8-14-11-7-5-4-6-10(11)12-9(2)13/h1,5-7H,8H2,2H3,(H,12,13). The third kappa shape index (κ3) is 2.83. The highest BCUT2D eigenvalue weighted by molar-refractivity contribution is 5.90. The molecule has 1 aromatic carbocycles. The normalized spacial score (nSPS) is 8.86. The van der Waals surface area contributed by atoms with E-state index in [0.717, 1.165) is 0 Å². The number of terminal acetylenes is 1. The lowest BCUT2D eigenvalue weighted by Crippen LogP contribution is -2.07. The lowest BCUT2D eigenvalue weighted by Gasteiger charge is -2.08. The van der Waals surface area contributed by atoms with Crippen LogP contribution in [0.25, 0.3) is 0 Å². The molecule has 0 spiro atoms. The first-order valence-electron chi connectivity index (χ1n) is 4.08. The molecule has 1 amide bonds. The van der Waals surface area contributed by atoms with Gasteiger partial charge in [0.1, 0.15) is 12.4 Å². The van der Waals surface area contributed by atoms with Gasteiger partial charge in [-0.05, 0) is 18.2 Å². The van der Waals surface area contributed by atoms with Gasteiger partial charge < -0.3 is 10.1 Å². The van der Waals surface area contributed by atoms with E-state index in [1.165, 1.54) is 6.92 Å². The number of carbonyl (C=O) groups is 1. The van der Waals surface area contributed by atoms with Crippen LogP contribution < -0.4 is 10.1 Å². The van der Waals surface area contributed by atoms with Crippen LogP contribution in [0, 0.1) is 18.4 Å². The van der Waals surface area contributed by atoms with Crippen molar-refractivity contribution >= 4 is 11.6 Å². The molecule has 0 heterocycles. The number of rotatable bonds is 3. The minimum Gasteiger partial charge on any atom is -0.479 e. The zero-order chi connectivity index (χ0) is 10.4. The molecule has 0 aromatic heterocycles. The number of hydrogen-bond donors (Lipinski definition) is 1. The average molecular weight is 188 g/mol. The van der Waals surface area contributed by atoms with Gasteiger partial charge in [0.25, 0.3) is 0 Å². The average Bonchev–Trinajstić information content (AvgIpc) is 2.16. The SMILES string of the molecule is C#CCOc1cc[c]cc1NC(C)=O. The molecule has 3 nitrogen and oxygen atoms in total. The van der Waals surface area contributed by atoms with E-state index in [2.05, 4.69) is 17.3 Å². The Morgan fingerprint density at radius 2 is 2.57 bits per heavy atom. The van der Waals surface area contributed by atoms with E-state index in [-0.39, 0.29) is 12.5 Å². The van der Waals surface area contributed by atoms with Crippen molar-refractivity contribution in [1.82, 2.24) is 0 Å². The summed E-state index contributed by atoms with van der Waals surface area (Å²) in [6.45, 7) is 1.61. The van der Waals surface area contributed by atoms with Crippen LogP contribution in [0.2, 0.25) is 0 Å². The molecule has 0 aliphatic carbocycles. The van der Waals surface area contributed by atoms with Gasteiger partial charge >= 0.3 is 0 Å². The third-order valence-electron chi connectivity index (χ3n) is 1.45. The Labute approximate surface area is 83.1 Å². The molecule has 0 saturated carbocycles. The summed E-state index contributed by atoms with van der Waals surface area (Å²) in [5.41, 5.74) is 0.579. The summed E-state index contributed by atoms with van der Waals surface area (Å²) in [5.74, 6) is 2.75. The number of hydrogen-bond acceptors (Lipinski definition) is 2. The molecular formula is C11H10NO2. The zero-order valence-electron chi connectivity index (χ0n) is 7.83. The second kappa shape index (κ2) is 4.93. The van der Waals surface area contributed by atoms with Crippen LogP contribution >= 0.6 is 0 Å². The Bertz CT molecular complexity index is 366. The predicted octanol–water partition coefficient (Wildman–Crippen LogP) is 1.46. The quantitative estimate of drug-likeness (QED) is 0.729. The monoisotopic (exact) mass is 188 g/mol. The molecule has 1 rings (SSSR count). The van der Waals surface area contributed by atoms with Crippen molar-refractivity contribution in [2.75, 3.05) is 11.9 Å². The first-order chi connectivity index (χ1) is 6.74. The summed E-state index contributed by atoms with van der Waals surface area (Å²) in [4.78, 5) is 10.8. The van der Waals surface area contributed by atoms with Crippen molar-refractivity contribution in [3.05, 3.63) is 24.3 Å². The van der Waals surface area contributed by atoms with E-state index in [0.29, 0.717) is 11.4 Å². The summed E-state index contributed by atoms with van der Waals surface area (Å²) in [6.07, 6.45) is 5.06. The molecule has 0 fully saturated rings. The van der Waals surface area contributed by atoms with Crippen LogP contribution in [0.5, 0.6) is 5.75 Å². The topological polar surface area (TPSA) is 38.3 Å². The Hall–Kier alpha value is -1.95. The fraction of sp³-hybridized carbons (Fsp3) is 0.182. The summed E-state index contributed by atoms with van der Waals surface area (Å²) in [6, 6.07) is 7.86. The van der Waals surface area contributed by atoms with Gasteiger partial charge in [-0.25, -0.2) is 0 Å². The lowest BCUT2D eigenvalue weighted by molar-refractivity contribution is -0.114. The fourth-order valence-electron chi connectivity index (χ4n) is 0.949. The van der Waals surface area contributed by atoms with Gasteiger partial charge in [0.2, 0.25) is 5.91 Å². The minimum atomic E-state index is -0.157. The molecule has 0 unspecified atom stereocenters. The Morgan fingerprint density at radius 1 is 1.79 bits per heavy atom. The summed E-state index contributed by atoms with van der Waals surface area (Å²) < 4.78 is 5.22. The van der Waals surface area contributed by atoms with Crippen molar-refractivity contribution < 1.29 is 9.53 Å². The molecular weight excluding hydrogens is 178 g/mol. The number of anilines is 1. The van der Waals surface area contributed by atoms with Crippen molar-refractivity contribution in [2.45, 2.75) is 6.92 Å². The fourth-order valence-corrected chi connectivity index (χ4v) is 0.949. The third-order valence-corrected chi connectivity index (χ3v) is 1.45. The summed E-state index contributed by atoms with van der Waals surface area (Å²) in [7, 11) is 0. The summed E-state index contributed by atoms with van der Waals surface area (Å²) >= 11 is 0. The maximum atomic E-state index is 10.8. The van der Waals surface area contributed by atoms with Crippen LogP contribution in [0.1, 0.15) is 6.92 Å². The molecule has 1 aromatic rings. The van der Waals surface area contributed by atoms with E-state index in [1.54, 1.807) is 18.2 Å². The smallest absolute Gasteiger partial charge is 0.221 e. The van der Waals surface area contributed by atoms with E-state index >= 15 is 0 Å². The van der Waals surface area contributed by atoms with Crippen LogP contribution in [0.4, 0.5) is 5.69 Å². The second-order valence-corrected chi connectivity index (χ2v) is 2.60. The van der Waals surface area contributed by atoms with Gasteiger partial charge in [-0.1, -0.05) is 12.0 Å². The van der Waals surface area contributed by atoms with Gasteiger partial charge in [-0.3, -0.25) is 4.79 Å². The molecule has 0 atom stereocenters. The van der Waals surface area contributed by atoms with Gasteiger partial charge in [0.05, 0.1) is 5.69 Å². The van der Waals surface area contributed by atoms with E-state index in [4.69, 9.17) is 11.2 Å². The van der Waals surface area contributed by atoms with Gasteiger partial charge in [0, 0.05) is 6.92 Å². The van der Waals surface area contributed by atoms with Gasteiger partial charge in [-0.15, -0.1) is 6.42 Å². The highest BCUT2D eigenvalue weighted by atomic mass is 16.5. The Kier molecular flexibility index (Phi) is 3.57. The van der Waals surface area contributed by atoms with Crippen LogP contribution in [0.15, 0.2) is 18.2 Å². The Balaban J connectivity index is 2.81. The maximum absolute atomic E-state index is 10.8. The first kappa shape index (κ1) is 10.1. The van der Waals surface area contributed by atoms with Crippen LogP contribution in [-0.2, 0) is 4.79 Å². The number of ether oxygens (including phenoxy) is 1. The van der Waals surface area contributed by atoms with Crippen LogP contribution in [-0.4, -0.2) is 12.5 Å². The molecule has 1 radical (unpaired) electrons. The lowest BCUT2D eigenvalue weighted by atomic mass is 10.3. The molecule has 71 valence electrons. The van der Waals surface area contributed by atoms with Crippen molar-refractivity contribution in [3.8, 4) is 18.1 Å². The molecule has 0 aliphatic heterocycles. The second-order valence-electron chi connectivity index (χ2n) is 2.60. The number of amides is 1. The highest BCUT2D eigenvalue weighted by Gasteiger charge is 2.02. The van der Waals surface area contributed by atoms with Crippen molar-refractivity contribution in [3.63, 3.8) is 0 Å². The molecule has 1 N–H and O–H groups in total. The summed E-state index contributed by atoms with van der Waals surface area (Å²) in [5, 5.41) is 2.62. The number of benzene rings is 1. The predicted molar refractivity (Wildman–Crippen MR) is 53.9 cm³/mol. The zero-order valence-corrected chi connectivity index (χ0v) is 7.83.